The van der Waals surface area contributed by atoms with E-state index in [9.17, 15) is 4.79 Å². The fraction of sp³-hybridized carbons (Fsp3) is 0.615. The van der Waals surface area contributed by atoms with Gasteiger partial charge in [0, 0.05) is 29.0 Å². The fourth-order valence-corrected chi connectivity index (χ4v) is 1.54. The van der Waals surface area contributed by atoms with Crippen molar-refractivity contribution in [2.45, 2.75) is 52.6 Å². The molecule has 0 saturated heterocycles. The van der Waals surface area contributed by atoms with E-state index in [-0.39, 0.29) is 16.6 Å². The summed E-state index contributed by atoms with van der Waals surface area (Å²) >= 11 is 0. The van der Waals surface area contributed by atoms with Gasteiger partial charge >= 0.3 is 0 Å². The maximum Gasteiger partial charge on any atom is 0.253 e. The Morgan fingerprint density at radius 2 is 1.69 bits per heavy atom. The molecule has 0 unspecified atom stereocenters. The molecule has 1 rings (SSSR count). The Morgan fingerprint density at radius 3 is 2.06 bits per heavy atom. The first kappa shape index (κ1) is 12.8. The topological polar surface area (TPSA) is 34.0 Å². The Balaban J connectivity index is 3.06. The van der Waals surface area contributed by atoms with Crippen LogP contribution in [0, 0.1) is 0 Å². The van der Waals surface area contributed by atoms with Crippen LogP contribution in [0.2, 0.25) is 0 Å². The molecule has 0 aromatic carbocycles. The van der Waals surface area contributed by atoms with Crippen LogP contribution < -0.4 is 10.9 Å². The molecule has 0 aliphatic carbocycles. The van der Waals surface area contributed by atoms with Crippen LogP contribution in [-0.4, -0.2) is 10.1 Å². The molecule has 0 amide bonds. The van der Waals surface area contributed by atoms with E-state index in [1.165, 1.54) is 0 Å². The highest BCUT2D eigenvalue weighted by molar-refractivity contribution is 5.43. The Labute approximate surface area is 97.5 Å². The average Bonchev–Trinajstić information content (AvgIpc) is 1.97. The highest BCUT2D eigenvalue weighted by atomic mass is 16.1. The van der Waals surface area contributed by atoms with Gasteiger partial charge in [0.15, 0.2) is 0 Å². The van der Waals surface area contributed by atoms with Crippen LogP contribution in [0.4, 0.5) is 5.69 Å². The van der Waals surface area contributed by atoms with Gasteiger partial charge in [-0.15, -0.1) is 0 Å². The number of rotatable bonds is 1. The predicted octanol–water partition coefficient (Wildman–Crippen LogP) is 2.81. The van der Waals surface area contributed by atoms with Crippen LogP contribution in [0.3, 0.4) is 0 Å². The molecule has 16 heavy (non-hydrogen) atoms. The highest BCUT2D eigenvalue weighted by Gasteiger charge is 2.15. The van der Waals surface area contributed by atoms with Crippen molar-refractivity contribution in [1.29, 1.82) is 0 Å². The lowest BCUT2D eigenvalue weighted by molar-refractivity contribution is 0.384. The lowest BCUT2D eigenvalue weighted by Crippen LogP contribution is -2.34. The van der Waals surface area contributed by atoms with Crippen molar-refractivity contribution >= 4 is 5.69 Å². The van der Waals surface area contributed by atoms with Crippen LogP contribution >= 0.6 is 0 Å². The molecule has 1 N–H and O–H groups in total. The first-order chi connectivity index (χ1) is 7.09. The van der Waals surface area contributed by atoms with E-state index < -0.39 is 0 Å². The molecule has 1 aromatic rings. The van der Waals surface area contributed by atoms with Gasteiger partial charge in [-0.05, 0) is 47.6 Å². The van der Waals surface area contributed by atoms with Crippen LogP contribution in [-0.2, 0) is 5.54 Å². The molecule has 0 atom stereocenters. The van der Waals surface area contributed by atoms with Crippen LogP contribution in [0.25, 0.3) is 0 Å². The summed E-state index contributed by atoms with van der Waals surface area (Å²) in [6.07, 6.45) is 1.84. The number of pyridine rings is 1. The van der Waals surface area contributed by atoms with Crippen molar-refractivity contribution in [2.24, 2.45) is 0 Å². The molecule has 0 fully saturated rings. The normalized spacial score (nSPS) is 12.6. The predicted molar refractivity (Wildman–Crippen MR) is 69.1 cm³/mol. The van der Waals surface area contributed by atoms with Crippen molar-refractivity contribution in [2.75, 3.05) is 5.32 Å². The fourth-order valence-electron chi connectivity index (χ4n) is 1.54. The number of hydrogen-bond donors (Lipinski definition) is 1. The molecule has 0 radical (unpaired) electrons. The first-order valence-corrected chi connectivity index (χ1v) is 5.61. The van der Waals surface area contributed by atoms with Crippen molar-refractivity contribution in [3.05, 3.63) is 28.7 Å². The summed E-state index contributed by atoms with van der Waals surface area (Å²) in [6.45, 7) is 12.3. The van der Waals surface area contributed by atoms with E-state index in [1.54, 1.807) is 10.6 Å². The Hall–Kier alpha value is -1.25. The minimum Gasteiger partial charge on any atom is -0.380 e. The van der Waals surface area contributed by atoms with Gasteiger partial charge in [0.25, 0.3) is 5.56 Å². The number of aromatic nitrogens is 1. The Bertz CT molecular complexity index is 419. The molecule has 0 spiro atoms. The van der Waals surface area contributed by atoms with Gasteiger partial charge in [0.1, 0.15) is 0 Å². The third-order valence-corrected chi connectivity index (χ3v) is 2.16. The molecule has 0 bridgehead atoms. The van der Waals surface area contributed by atoms with Gasteiger partial charge in [-0.3, -0.25) is 4.79 Å². The average molecular weight is 222 g/mol. The molecule has 1 heterocycles. The quantitative estimate of drug-likeness (QED) is 0.792. The second-order valence-electron chi connectivity index (χ2n) is 6.17. The van der Waals surface area contributed by atoms with E-state index in [1.807, 2.05) is 33.0 Å². The van der Waals surface area contributed by atoms with Crippen LogP contribution in [0.1, 0.15) is 41.5 Å². The molecule has 3 heteroatoms. The zero-order valence-corrected chi connectivity index (χ0v) is 11.1. The summed E-state index contributed by atoms with van der Waals surface area (Å²) in [6, 6.07) is 3.59. The maximum atomic E-state index is 11.9. The first-order valence-electron chi connectivity index (χ1n) is 5.61. The highest BCUT2D eigenvalue weighted by Crippen LogP contribution is 2.15. The summed E-state index contributed by atoms with van der Waals surface area (Å²) < 4.78 is 1.74. The molecule has 3 nitrogen and oxygen atoms in total. The van der Waals surface area contributed by atoms with Gasteiger partial charge in [-0.1, -0.05) is 0 Å². The number of anilines is 1. The smallest absolute Gasteiger partial charge is 0.253 e. The molecule has 0 saturated carbocycles. The SMILES string of the molecule is CC(C)(C)Nc1ccn(C(C)(C)C)c(=O)c1. The zero-order chi connectivity index (χ0) is 12.6. The molecule has 1 aromatic heterocycles. The molecule has 90 valence electrons. The summed E-state index contributed by atoms with van der Waals surface area (Å²) in [5, 5.41) is 3.29. The van der Waals surface area contributed by atoms with Crippen LogP contribution in [0.15, 0.2) is 23.1 Å². The van der Waals surface area contributed by atoms with Crippen molar-refractivity contribution < 1.29 is 0 Å². The maximum absolute atomic E-state index is 11.9. The van der Waals surface area contributed by atoms with E-state index >= 15 is 0 Å². The zero-order valence-electron chi connectivity index (χ0n) is 11.1. The number of hydrogen-bond acceptors (Lipinski definition) is 2. The van der Waals surface area contributed by atoms with E-state index in [0.29, 0.717) is 0 Å². The Kier molecular flexibility index (Phi) is 3.17. The van der Waals surface area contributed by atoms with E-state index in [2.05, 4.69) is 26.1 Å². The van der Waals surface area contributed by atoms with Crippen molar-refractivity contribution in [1.82, 2.24) is 4.57 Å². The van der Waals surface area contributed by atoms with E-state index in [4.69, 9.17) is 0 Å². The van der Waals surface area contributed by atoms with Crippen molar-refractivity contribution in [3.8, 4) is 0 Å². The number of nitrogens with one attached hydrogen (secondary N) is 1. The van der Waals surface area contributed by atoms with Crippen LogP contribution in [0.5, 0.6) is 0 Å². The van der Waals surface area contributed by atoms with Gasteiger partial charge in [0.05, 0.1) is 0 Å². The third-order valence-electron chi connectivity index (χ3n) is 2.16. The third kappa shape index (κ3) is 3.40. The van der Waals surface area contributed by atoms with Gasteiger partial charge in [0.2, 0.25) is 0 Å². The summed E-state index contributed by atoms with van der Waals surface area (Å²) in [5.74, 6) is 0. The van der Waals surface area contributed by atoms with Gasteiger partial charge in [-0.25, -0.2) is 0 Å². The summed E-state index contributed by atoms with van der Waals surface area (Å²) in [4.78, 5) is 11.9. The van der Waals surface area contributed by atoms with E-state index in [0.717, 1.165) is 5.69 Å². The Morgan fingerprint density at radius 1 is 1.12 bits per heavy atom. The second kappa shape index (κ2) is 3.96. The van der Waals surface area contributed by atoms with Gasteiger partial charge < -0.3 is 9.88 Å². The standard InChI is InChI=1S/C13H22N2O/c1-12(2,3)14-10-7-8-15(11(16)9-10)13(4,5)6/h7-9,14H,1-6H3. The second-order valence-corrected chi connectivity index (χ2v) is 6.17. The number of nitrogens with zero attached hydrogens (tertiary/aromatic N) is 1. The monoisotopic (exact) mass is 222 g/mol. The minimum atomic E-state index is -0.169. The minimum absolute atomic E-state index is 0.0274. The summed E-state index contributed by atoms with van der Waals surface area (Å²) in [7, 11) is 0. The molecular weight excluding hydrogens is 200 g/mol. The molecular formula is C13H22N2O. The van der Waals surface area contributed by atoms with Gasteiger partial charge in [-0.2, -0.15) is 0 Å². The lowest BCUT2D eigenvalue weighted by Gasteiger charge is -2.25. The molecule has 0 aliphatic rings. The summed E-state index contributed by atoms with van der Waals surface area (Å²) in [5.41, 5.74) is 0.706. The van der Waals surface area contributed by atoms with Crippen molar-refractivity contribution in [3.63, 3.8) is 0 Å². The lowest BCUT2D eigenvalue weighted by atomic mass is 10.1. The largest absolute Gasteiger partial charge is 0.380 e. The molecule has 0 aliphatic heterocycles.